The Morgan fingerprint density at radius 2 is 2.04 bits per heavy atom. The summed E-state index contributed by atoms with van der Waals surface area (Å²) in [5, 5.41) is 13.8. The van der Waals surface area contributed by atoms with Gasteiger partial charge in [0.2, 0.25) is 5.91 Å². The zero-order valence-corrected chi connectivity index (χ0v) is 17.0. The molecule has 0 unspecified atom stereocenters. The molecule has 1 N–H and O–H groups in total. The van der Waals surface area contributed by atoms with Gasteiger partial charge < -0.3 is 5.32 Å². The van der Waals surface area contributed by atoms with Crippen LogP contribution in [0.25, 0.3) is 22.9 Å². The summed E-state index contributed by atoms with van der Waals surface area (Å²) >= 11 is 4.75. The Hall–Kier alpha value is -2.75. The lowest BCUT2D eigenvalue weighted by molar-refractivity contribution is -0.115. The first-order valence-corrected chi connectivity index (χ1v) is 9.95. The molecule has 134 valence electrons. The van der Waals surface area contributed by atoms with E-state index in [0.29, 0.717) is 27.7 Å². The molecule has 0 aliphatic carbocycles. The van der Waals surface area contributed by atoms with Crippen LogP contribution in [0.3, 0.4) is 0 Å². The molecule has 2 aromatic carbocycles. The van der Waals surface area contributed by atoms with Crippen LogP contribution in [0.1, 0.15) is 23.9 Å². The summed E-state index contributed by atoms with van der Waals surface area (Å²) in [6.07, 6.45) is 2.17. The van der Waals surface area contributed by atoms with E-state index in [1.54, 1.807) is 13.0 Å². The summed E-state index contributed by atoms with van der Waals surface area (Å²) in [6.45, 7) is 1.80. The minimum Gasteiger partial charge on any atom is -0.316 e. The number of aromatic nitrogens is 1. The van der Waals surface area contributed by atoms with Crippen molar-refractivity contribution >= 4 is 49.8 Å². The van der Waals surface area contributed by atoms with Crippen LogP contribution in [0.5, 0.6) is 0 Å². The number of halogens is 1. The van der Waals surface area contributed by atoms with Gasteiger partial charge in [-0.2, -0.15) is 5.26 Å². The lowest BCUT2D eigenvalue weighted by Gasteiger charge is -2.03. The Balaban J connectivity index is 2.07. The SMILES string of the molecule is CCC(=O)Nc1sc(C(C#N)=Cc2cccc(Br)c2)nc1-c1ccccc1. The minimum absolute atomic E-state index is 0.0862. The molecule has 0 spiro atoms. The molecule has 0 aliphatic heterocycles. The summed E-state index contributed by atoms with van der Waals surface area (Å²) in [6, 6.07) is 19.6. The molecule has 0 saturated carbocycles. The Morgan fingerprint density at radius 1 is 1.26 bits per heavy atom. The third-order valence-corrected chi connectivity index (χ3v) is 5.26. The van der Waals surface area contributed by atoms with E-state index in [0.717, 1.165) is 15.6 Å². The van der Waals surface area contributed by atoms with Gasteiger partial charge in [-0.05, 0) is 23.8 Å². The Labute approximate surface area is 170 Å². The molecule has 0 bridgehead atoms. The van der Waals surface area contributed by atoms with Gasteiger partial charge in [0, 0.05) is 16.5 Å². The second kappa shape index (κ2) is 8.76. The number of hydrogen-bond acceptors (Lipinski definition) is 4. The molecule has 0 atom stereocenters. The number of hydrogen-bond donors (Lipinski definition) is 1. The van der Waals surface area contributed by atoms with E-state index >= 15 is 0 Å². The molecular weight excluding hydrogens is 422 g/mol. The summed E-state index contributed by atoms with van der Waals surface area (Å²) in [5.74, 6) is -0.0862. The molecule has 0 fully saturated rings. The lowest BCUT2D eigenvalue weighted by Crippen LogP contribution is -2.08. The van der Waals surface area contributed by atoms with Crippen molar-refractivity contribution in [2.45, 2.75) is 13.3 Å². The quantitative estimate of drug-likeness (QED) is 0.498. The number of carbonyl (C=O) groups excluding carboxylic acids is 1. The van der Waals surface area contributed by atoms with Gasteiger partial charge in [-0.15, -0.1) is 0 Å². The summed E-state index contributed by atoms with van der Waals surface area (Å²) < 4.78 is 0.938. The number of rotatable bonds is 5. The van der Waals surface area contributed by atoms with E-state index in [1.807, 2.05) is 54.6 Å². The topological polar surface area (TPSA) is 65.8 Å². The second-order valence-electron chi connectivity index (χ2n) is 5.69. The van der Waals surface area contributed by atoms with E-state index in [-0.39, 0.29) is 5.91 Å². The van der Waals surface area contributed by atoms with E-state index in [4.69, 9.17) is 0 Å². The van der Waals surface area contributed by atoms with Gasteiger partial charge in [0.05, 0.1) is 5.57 Å². The van der Waals surface area contributed by atoms with Gasteiger partial charge >= 0.3 is 0 Å². The van der Waals surface area contributed by atoms with Gasteiger partial charge in [0.1, 0.15) is 21.8 Å². The standard InChI is InChI=1S/C21H16BrN3OS/c1-2-18(26)24-21-19(15-8-4-3-5-9-15)25-20(27-21)16(13-23)11-14-7-6-10-17(22)12-14/h3-12H,2H2,1H3,(H,24,26). The van der Waals surface area contributed by atoms with Gasteiger partial charge in [0.15, 0.2) is 0 Å². The van der Waals surface area contributed by atoms with Gasteiger partial charge in [-0.3, -0.25) is 4.79 Å². The van der Waals surface area contributed by atoms with Gasteiger partial charge in [-0.25, -0.2) is 4.98 Å². The van der Waals surface area contributed by atoms with Gasteiger partial charge in [-0.1, -0.05) is 76.7 Å². The van der Waals surface area contributed by atoms with Crippen molar-refractivity contribution in [1.82, 2.24) is 4.98 Å². The van der Waals surface area contributed by atoms with E-state index in [9.17, 15) is 10.1 Å². The van der Waals surface area contributed by atoms with Crippen LogP contribution in [-0.2, 0) is 4.79 Å². The highest BCUT2D eigenvalue weighted by atomic mass is 79.9. The minimum atomic E-state index is -0.0862. The average molecular weight is 438 g/mol. The molecule has 3 rings (SSSR count). The van der Waals surface area contributed by atoms with Crippen LogP contribution >= 0.6 is 27.3 Å². The van der Waals surface area contributed by atoms with Gasteiger partial charge in [0.25, 0.3) is 0 Å². The van der Waals surface area contributed by atoms with Crippen molar-refractivity contribution in [2.75, 3.05) is 5.32 Å². The number of thiazole rings is 1. The molecule has 1 amide bonds. The number of amides is 1. The summed E-state index contributed by atoms with van der Waals surface area (Å²) in [4.78, 5) is 16.6. The highest BCUT2D eigenvalue weighted by molar-refractivity contribution is 9.10. The maximum Gasteiger partial charge on any atom is 0.224 e. The van der Waals surface area contributed by atoms with Crippen molar-refractivity contribution in [1.29, 1.82) is 5.26 Å². The maximum absolute atomic E-state index is 11.9. The van der Waals surface area contributed by atoms with Crippen LogP contribution in [-0.4, -0.2) is 10.9 Å². The van der Waals surface area contributed by atoms with Crippen LogP contribution in [0.15, 0.2) is 59.1 Å². The van der Waals surface area contributed by atoms with Crippen molar-refractivity contribution in [3.8, 4) is 17.3 Å². The smallest absolute Gasteiger partial charge is 0.224 e. The van der Waals surface area contributed by atoms with E-state index < -0.39 is 0 Å². The zero-order chi connectivity index (χ0) is 19.2. The van der Waals surface area contributed by atoms with Crippen molar-refractivity contribution in [3.63, 3.8) is 0 Å². The highest BCUT2D eigenvalue weighted by Gasteiger charge is 2.17. The molecular formula is C21H16BrN3OS. The fraction of sp³-hybridized carbons (Fsp3) is 0.0952. The Kier molecular flexibility index (Phi) is 6.17. The van der Waals surface area contributed by atoms with E-state index in [1.165, 1.54) is 11.3 Å². The first-order valence-electron chi connectivity index (χ1n) is 8.34. The van der Waals surface area contributed by atoms with Crippen LogP contribution < -0.4 is 5.32 Å². The number of nitriles is 1. The molecule has 27 heavy (non-hydrogen) atoms. The molecule has 3 aromatic rings. The normalized spacial score (nSPS) is 11.1. The fourth-order valence-electron chi connectivity index (χ4n) is 2.43. The third-order valence-electron chi connectivity index (χ3n) is 3.76. The van der Waals surface area contributed by atoms with Crippen LogP contribution in [0, 0.1) is 11.3 Å². The Bertz CT molecular complexity index is 1040. The molecule has 1 aromatic heterocycles. The molecule has 6 heteroatoms. The number of allylic oxidation sites excluding steroid dienone is 1. The highest BCUT2D eigenvalue weighted by Crippen LogP contribution is 2.36. The van der Waals surface area contributed by atoms with Crippen molar-refractivity contribution < 1.29 is 4.79 Å². The van der Waals surface area contributed by atoms with Crippen LogP contribution in [0.2, 0.25) is 0 Å². The predicted molar refractivity (Wildman–Crippen MR) is 114 cm³/mol. The molecule has 1 heterocycles. The van der Waals surface area contributed by atoms with Crippen molar-refractivity contribution in [3.05, 3.63) is 69.6 Å². The zero-order valence-electron chi connectivity index (χ0n) is 14.6. The first kappa shape index (κ1) is 19.0. The fourth-order valence-corrected chi connectivity index (χ4v) is 3.82. The molecule has 0 aliphatic rings. The average Bonchev–Trinajstić information content (AvgIpc) is 3.10. The van der Waals surface area contributed by atoms with Crippen molar-refractivity contribution in [2.24, 2.45) is 0 Å². The largest absolute Gasteiger partial charge is 0.316 e. The third kappa shape index (κ3) is 4.70. The number of anilines is 1. The first-order chi connectivity index (χ1) is 13.1. The predicted octanol–water partition coefficient (Wildman–Crippen LogP) is 5.99. The number of carbonyl (C=O) groups is 1. The van der Waals surface area contributed by atoms with Crippen LogP contribution in [0.4, 0.5) is 5.00 Å². The summed E-state index contributed by atoms with van der Waals surface area (Å²) in [5.41, 5.74) is 2.92. The Morgan fingerprint density at radius 3 is 2.70 bits per heavy atom. The molecule has 0 radical (unpaired) electrons. The monoisotopic (exact) mass is 437 g/mol. The number of nitrogens with one attached hydrogen (secondary N) is 1. The molecule has 4 nitrogen and oxygen atoms in total. The number of nitrogens with zero attached hydrogens (tertiary/aromatic N) is 2. The molecule has 0 saturated heterocycles. The summed E-state index contributed by atoms with van der Waals surface area (Å²) in [7, 11) is 0. The maximum atomic E-state index is 11.9. The second-order valence-corrected chi connectivity index (χ2v) is 7.60. The lowest BCUT2D eigenvalue weighted by atomic mass is 10.1. The van der Waals surface area contributed by atoms with E-state index in [2.05, 4.69) is 32.3 Å². The number of benzene rings is 2.